The SMILES string of the molecule is CC1(C)c2ccccc2-c2ccc(C=CCCNC(=O)OCc3ccccc3)cc21. The molecule has 0 heterocycles. The number of hydrogen-bond donors (Lipinski definition) is 1. The molecule has 0 saturated heterocycles. The molecule has 1 amide bonds. The molecule has 3 aromatic carbocycles. The number of fused-ring (bicyclic) bond motifs is 3. The lowest BCUT2D eigenvalue weighted by Gasteiger charge is -2.21. The summed E-state index contributed by atoms with van der Waals surface area (Å²) in [5, 5.41) is 2.79. The fourth-order valence-corrected chi connectivity index (χ4v) is 4.08. The van der Waals surface area contributed by atoms with Gasteiger partial charge in [-0.15, -0.1) is 0 Å². The van der Waals surface area contributed by atoms with Gasteiger partial charge in [0, 0.05) is 12.0 Å². The second-order valence-electron chi connectivity index (χ2n) is 8.16. The van der Waals surface area contributed by atoms with Gasteiger partial charge in [0.15, 0.2) is 0 Å². The van der Waals surface area contributed by atoms with Crippen LogP contribution in [-0.4, -0.2) is 12.6 Å². The molecule has 4 rings (SSSR count). The van der Waals surface area contributed by atoms with Crippen LogP contribution in [-0.2, 0) is 16.8 Å². The van der Waals surface area contributed by atoms with Crippen LogP contribution < -0.4 is 5.32 Å². The molecule has 0 aliphatic heterocycles. The Balaban J connectivity index is 1.30. The van der Waals surface area contributed by atoms with Gasteiger partial charge in [-0.05, 0) is 39.8 Å². The number of hydrogen-bond acceptors (Lipinski definition) is 2. The first-order valence-corrected chi connectivity index (χ1v) is 10.4. The van der Waals surface area contributed by atoms with Gasteiger partial charge in [0.05, 0.1) is 0 Å². The molecular formula is C27H27NO2. The maximum Gasteiger partial charge on any atom is 0.407 e. The average molecular weight is 398 g/mol. The van der Waals surface area contributed by atoms with Crippen molar-refractivity contribution in [1.29, 1.82) is 0 Å². The minimum Gasteiger partial charge on any atom is -0.445 e. The maximum absolute atomic E-state index is 11.8. The van der Waals surface area contributed by atoms with Gasteiger partial charge in [0.2, 0.25) is 0 Å². The van der Waals surface area contributed by atoms with Crippen molar-refractivity contribution in [3.8, 4) is 11.1 Å². The van der Waals surface area contributed by atoms with Crippen LogP contribution in [0.5, 0.6) is 0 Å². The first kappa shape index (κ1) is 20.0. The topological polar surface area (TPSA) is 38.3 Å². The molecular weight excluding hydrogens is 370 g/mol. The fourth-order valence-electron chi connectivity index (χ4n) is 4.08. The summed E-state index contributed by atoms with van der Waals surface area (Å²) >= 11 is 0. The highest BCUT2D eigenvalue weighted by Gasteiger charge is 2.34. The highest BCUT2D eigenvalue weighted by molar-refractivity contribution is 5.81. The molecule has 1 aliphatic carbocycles. The van der Waals surface area contributed by atoms with E-state index in [-0.39, 0.29) is 18.1 Å². The van der Waals surface area contributed by atoms with E-state index in [0.717, 1.165) is 12.0 Å². The smallest absolute Gasteiger partial charge is 0.407 e. The van der Waals surface area contributed by atoms with E-state index in [1.807, 2.05) is 30.3 Å². The van der Waals surface area contributed by atoms with Crippen molar-refractivity contribution >= 4 is 12.2 Å². The number of ether oxygens (including phenoxy) is 1. The molecule has 0 fully saturated rings. The average Bonchev–Trinajstić information content (AvgIpc) is 3.00. The van der Waals surface area contributed by atoms with Gasteiger partial charge < -0.3 is 10.1 Å². The molecule has 1 aliphatic rings. The van der Waals surface area contributed by atoms with Gasteiger partial charge in [-0.1, -0.05) is 98.8 Å². The number of benzene rings is 3. The van der Waals surface area contributed by atoms with Crippen molar-refractivity contribution in [2.24, 2.45) is 0 Å². The lowest BCUT2D eigenvalue weighted by molar-refractivity contribution is 0.140. The van der Waals surface area contributed by atoms with E-state index in [1.54, 1.807) is 0 Å². The molecule has 0 saturated carbocycles. The van der Waals surface area contributed by atoms with Crippen LogP contribution in [0.1, 0.15) is 42.5 Å². The summed E-state index contributed by atoms with van der Waals surface area (Å²) in [6, 6.07) is 25.0. The summed E-state index contributed by atoms with van der Waals surface area (Å²) < 4.78 is 5.22. The number of carbonyl (C=O) groups is 1. The Labute approximate surface area is 178 Å². The van der Waals surface area contributed by atoms with Gasteiger partial charge in [-0.25, -0.2) is 4.79 Å². The van der Waals surface area contributed by atoms with E-state index in [2.05, 4.69) is 73.8 Å². The van der Waals surface area contributed by atoms with Crippen LogP contribution in [0.2, 0.25) is 0 Å². The molecule has 152 valence electrons. The van der Waals surface area contributed by atoms with Crippen LogP contribution in [0.3, 0.4) is 0 Å². The van der Waals surface area contributed by atoms with Crippen molar-refractivity contribution in [2.45, 2.75) is 32.3 Å². The molecule has 30 heavy (non-hydrogen) atoms. The van der Waals surface area contributed by atoms with Crippen molar-refractivity contribution in [3.63, 3.8) is 0 Å². The van der Waals surface area contributed by atoms with Gasteiger partial charge in [0.25, 0.3) is 0 Å². The third-order valence-electron chi connectivity index (χ3n) is 5.71. The number of nitrogens with one attached hydrogen (secondary N) is 1. The Morgan fingerprint density at radius 2 is 1.67 bits per heavy atom. The predicted octanol–water partition coefficient (Wildman–Crippen LogP) is 6.32. The number of amides is 1. The lowest BCUT2D eigenvalue weighted by Crippen LogP contribution is -2.24. The Kier molecular flexibility index (Phi) is 5.71. The summed E-state index contributed by atoms with van der Waals surface area (Å²) in [6.45, 7) is 5.41. The minimum absolute atomic E-state index is 0.0137. The van der Waals surface area contributed by atoms with Crippen LogP contribution in [0.4, 0.5) is 4.79 Å². The molecule has 0 spiro atoms. The highest BCUT2D eigenvalue weighted by Crippen LogP contribution is 2.48. The standard InChI is InChI=1S/C27H27NO2/c1-27(2)24-14-7-6-13-22(24)23-16-15-20(18-25(23)27)10-8-9-17-28-26(29)30-19-21-11-4-3-5-12-21/h3-8,10-16,18H,9,17,19H2,1-2H3,(H,28,29). The normalized spacial score (nSPS) is 13.7. The molecule has 3 aromatic rings. The molecule has 0 radical (unpaired) electrons. The molecule has 0 aromatic heterocycles. The molecule has 3 heteroatoms. The van der Waals surface area contributed by atoms with Crippen molar-refractivity contribution in [2.75, 3.05) is 6.54 Å². The van der Waals surface area contributed by atoms with Crippen molar-refractivity contribution in [1.82, 2.24) is 5.32 Å². The second kappa shape index (κ2) is 8.58. The third kappa shape index (κ3) is 4.16. The minimum atomic E-state index is -0.385. The van der Waals surface area contributed by atoms with Crippen LogP contribution in [0.15, 0.2) is 78.9 Å². The molecule has 1 N–H and O–H groups in total. The molecule has 3 nitrogen and oxygen atoms in total. The highest BCUT2D eigenvalue weighted by atomic mass is 16.5. The van der Waals surface area contributed by atoms with Crippen molar-refractivity contribution < 1.29 is 9.53 Å². The third-order valence-corrected chi connectivity index (χ3v) is 5.71. The van der Waals surface area contributed by atoms with Crippen LogP contribution >= 0.6 is 0 Å². The Morgan fingerprint density at radius 3 is 2.50 bits per heavy atom. The quantitative estimate of drug-likeness (QED) is 0.494. The molecule has 0 bridgehead atoms. The van der Waals surface area contributed by atoms with E-state index in [4.69, 9.17) is 4.74 Å². The molecule has 0 atom stereocenters. The Morgan fingerprint density at radius 1 is 0.933 bits per heavy atom. The summed E-state index contributed by atoms with van der Waals surface area (Å²) in [7, 11) is 0. The first-order valence-electron chi connectivity index (χ1n) is 10.4. The summed E-state index contributed by atoms with van der Waals surface area (Å²) in [6.07, 6.45) is 4.58. The van der Waals surface area contributed by atoms with E-state index in [1.165, 1.54) is 27.8 Å². The monoisotopic (exact) mass is 397 g/mol. The van der Waals surface area contributed by atoms with Gasteiger partial charge in [0.1, 0.15) is 6.61 Å². The maximum atomic E-state index is 11.8. The van der Waals surface area contributed by atoms with E-state index in [0.29, 0.717) is 6.54 Å². The summed E-state index contributed by atoms with van der Waals surface area (Å²) in [5.41, 5.74) is 7.60. The zero-order valence-electron chi connectivity index (χ0n) is 17.5. The van der Waals surface area contributed by atoms with E-state index >= 15 is 0 Å². The Hall–Kier alpha value is -3.33. The fraction of sp³-hybridized carbons (Fsp3) is 0.222. The van der Waals surface area contributed by atoms with E-state index in [9.17, 15) is 4.79 Å². The van der Waals surface area contributed by atoms with Gasteiger partial charge >= 0.3 is 6.09 Å². The van der Waals surface area contributed by atoms with E-state index < -0.39 is 0 Å². The van der Waals surface area contributed by atoms with Gasteiger partial charge in [-0.2, -0.15) is 0 Å². The number of rotatable bonds is 6. The second-order valence-corrected chi connectivity index (χ2v) is 8.16. The lowest BCUT2D eigenvalue weighted by atomic mass is 9.82. The predicted molar refractivity (Wildman–Crippen MR) is 122 cm³/mol. The summed E-state index contributed by atoms with van der Waals surface area (Å²) in [5.74, 6) is 0. The first-order chi connectivity index (χ1) is 14.6. The van der Waals surface area contributed by atoms with Crippen molar-refractivity contribution in [3.05, 3.63) is 101 Å². The largest absolute Gasteiger partial charge is 0.445 e. The zero-order valence-corrected chi connectivity index (χ0v) is 17.5. The number of alkyl carbamates (subject to hydrolysis) is 1. The molecule has 0 unspecified atom stereocenters. The van der Waals surface area contributed by atoms with Gasteiger partial charge in [-0.3, -0.25) is 0 Å². The van der Waals surface area contributed by atoms with Crippen LogP contribution in [0.25, 0.3) is 17.2 Å². The van der Waals surface area contributed by atoms with Crippen LogP contribution in [0, 0.1) is 0 Å². The zero-order chi connectivity index (χ0) is 21.0. The summed E-state index contributed by atoms with van der Waals surface area (Å²) in [4.78, 5) is 11.8. The Bertz CT molecular complexity index is 1070. The number of carbonyl (C=O) groups excluding carboxylic acids is 1.